The van der Waals surface area contributed by atoms with Crippen molar-refractivity contribution in [3.8, 4) is 0 Å². The minimum Gasteiger partial charge on any atom is -0.360 e. The summed E-state index contributed by atoms with van der Waals surface area (Å²) < 4.78 is 0. The van der Waals surface area contributed by atoms with E-state index < -0.39 is 0 Å². The van der Waals surface area contributed by atoms with E-state index in [4.69, 9.17) is 0 Å². The summed E-state index contributed by atoms with van der Waals surface area (Å²) in [6.07, 6.45) is 3.57. The highest BCUT2D eigenvalue weighted by Gasteiger charge is 2.23. The number of fused-ring (bicyclic) bond motifs is 1. The van der Waals surface area contributed by atoms with Crippen LogP contribution in [0.25, 0.3) is 10.9 Å². The molecule has 2 aromatic rings. The molecule has 4 heteroatoms. The van der Waals surface area contributed by atoms with Gasteiger partial charge >= 0.3 is 0 Å². The van der Waals surface area contributed by atoms with Gasteiger partial charge in [-0.1, -0.05) is 19.1 Å². The van der Waals surface area contributed by atoms with E-state index in [1.807, 2.05) is 18.2 Å². The number of pyridine rings is 1. The van der Waals surface area contributed by atoms with Gasteiger partial charge in [-0.15, -0.1) is 0 Å². The quantitative estimate of drug-likeness (QED) is 0.865. The fourth-order valence-corrected chi connectivity index (χ4v) is 2.71. The molecule has 1 N–H and O–H groups in total. The van der Waals surface area contributed by atoms with E-state index in [1.54, 1.807) is 17.2 Å². The fraction of sp³-hybridized carbons (Fsp3) is 0.375. The van der Waals surface area contributed by atoms with Crippen molar-refractivity contribution in [2.24, 2.45) is 5.92 Å². The summed E-state index contributed by atoms with van der Waals surface area (Å²) in [6, 6.07) is 7.27. The number of nitrogens with one attached hydrogen (secondary N) is 1. The Morgan fingerprint density at radius 2 is 1.95 bits per heavy atom. The first-order valence-corrected chi connectivity index (χ1v) is 7.06. The van der Waals surface area contributed by atoms with Crippen LogP contribution in [0.2, 0.25) is 0 Å². The number of hydrogen-bond acceptors (Lipinski definition) is 2. The highest BCUT2D eigenvalue weighted by Crippen LogP contribution is 2.17. The molecule has 1 aliphatic rings. The van der Waals surface area contributed by atoms with Crippen molar-refractivity contribution in [3.63, 3.8) is 0 Å². The summed E-state index contributed by atoms with van der Waals surface area (Å²) in [7, 11) is 0. The van der Waals surface area contributed by atoms with Gasteiger partial charge in [0.25, 0.3) is 5.91 Å². The van der Waals surface area contributed by atoms with E-state index in [-0.39, 0.29) is 16.9 Å². The van der Waals surface area contributed by atoms with Crippen LogP contribution < -0.4 is 5.43 Å². The number of H-pyrrole nitrogens is 1. The Hall–Kier alpha value is -2.10. The summed E-state index contributed by atoms with van der Waals surface area (Å²) in [5, 5.41) is 0.573. The van der Waals surface area contributed by atoms with Gasteiger partial charge in [0.1, 0.15) is 5.56 Å². The predicted octanol–water partition coefficient (Wildman–Crippen LogP) is 2.40. The topological polar surface area (TPSA) is 53.2 Å². The number of hydrogen-bond donors (Lipinski definition) is 1. The number of aromatic amines is 1. The second-order valence-electron chi connectivity index (χ2n) is 5.55. The third kappa shape index (κ3) is 2.22. The molecule has 0 atom stereocenters. The molecule has 1 aromatic carbocycles. The molecule has 2 heterocycles. The fourth-order valence-electron chi connectivity index (χ4n) is 2.71. The number of para-hydroxylation sites is 1. The number of rotatable bonds is 1. The predicted molar refractivity (Wildman–Crippen MR) is 78.9 cm³/mol. The number of nitrogens with zero attached hydrogens (tertiary/aromatic N) is 1. The third-order valence-corrected chi connectivity index (χ3v) is 4.09. The highest BCUT2D eigenvalue weighted by molar-refractivity contribution is 5.97. The SMILES string of the molecule is CC1CCN(C(=O)c2c[nH]c3ccccc3c2=O)CC1. The lowest BCUT2D eigenvalue weighted by Crippen LogP contribution is -2.39. The Kier molecular flexibility index (Phi) is 3.30. The van der Waals surface area contributed by atoms with E-state index in [9.17, 15) is 9.59 Å². The van der Waals surface area contributed by atoms with E-state index >= 15 is 0 Å². The zero-order valence-electron chi connectivity index (χ0n) is 11.6. The van der Waals surface area contributed by atoms with Gasteiger partial charge in [-0.25, -0.2) is 0 Å². The molecule has 0 radical (unpaired) electrons. The molecule has 0 saturated carbocycles. The molecule has 1 saturated heterocycles. The first kappa shape index (κ1) is 12.9. The molecule has 0 bridgehead atoms. The first-order chi connectivity index (χ1) is 9.66. The summed E-state index contributed by atoms with van der Waals surface area (Å²) in [5.41, 5.74) is 0.836. The van der Waals surface area contributed by atoms with Gasteiger partial charge in [0.15, 0.2) is 0 Å². The average Bonchev–Trinajstić information content (AvgIpc) is 2.48. The maximum atomic E-state index is 12.5. The van der Waals surface area contributed by atoms with Crippen LogP contribution in [-0.2, 0) is 0 Å². The summed E-state index contributed by atoms with van der Waals surface area (Å²) >= 11 is 0. The van der Waals surface area contributed by atoms with Crippen LogP contribution in [-0.4, -0.2) is 28.9 Å². The Bertz CT molecular complexity index is 697. The standard InChI is InChI=1S/C16H18N2O2/c1-11-6-8-18(9-7-11)16(20)13-10-17-14-5-3-2-4-12(14)15(13)19/h2-5,10-11H,6-9H2,1H3,(H,17,19). The molecule has 1 amide bonds. The monoisotopic (exact) mass is 270 g/mol. The highest BCUT2D eigenvalue weighted by atomic mass is 16.2. The molecule has 4 nitrogen and oxygen atoms in total. The van der Waals surface area contributed by atoms with Gasteiger partial charge in [-0.05, 0) is 30.9 Å². The van der Waals surface area contributed by atoms with Crippen LogP contribution in [0.3, 0.4) is 0 Å². The lowest BCUT2D eigenvalue weighted by molar-refractivity contribution is 0.0696. The van der Waals surface area contributed by atoms with Gasteiger partial charge in [0, 0.05) is 30.2 Å². The lowest BCUT2D eigenvalue weighted by atomic mass is 9.98. The second-order valence-corrected chi connectivity index (χ2v) is 5.55. The van der Waals surface area contributed by atoms with E-state index in [1.165, 1.54) is 0 Å². The van der Waals surface area contributed by atoms with Gasteiger partial charge in [-0.3, -0.25) is 9.59 Å². The Labute approximate surface area is 117 Å². The minimum atomic E-state index is -0.178. The van der Waals surface area contributed by atoms with E-state index in [0.717, 1.165) is 31.4 Å². The van der Waals surface area contributed by atoms with E-state index in [2.05, 4.69) is 11.9 Å². The average molecular weight is 270 g/mol. The van der Waals surface area contributed by atoms with Crippen LogP contribution in [0.4, 0.5) is 0 Å². The Morgan fingerprint density at radius 1 is 1.25 bits per heavy atom. The maximum Gasteiger partial charge on any atom is 0.259 e. The van der Waals surface area contributed by atoms with Crippen molar-refractivity contribution in [1.82, 2.24) is 9.88 Å². The molecule has 1 aromatic heterocycles. The smallest absolute Gasteiger partial charge is 0.259 e. The number of piperidine rings is 1. The summed E-state index contributed by atoms with van der Waals surface area (Å²) in [4.78, 5) is 29.7. The molecule has 1 fully saturated rings. The van der Waals surface area contributed by atoms with Gasteiger partial charge < -0.3 is 9.88 Å². The van der Waals surface area contributed by atoms with Crippen molar-refractivity contribution >= 4 is 16.8 Å². The largest absolute Gasteiger partial charge is 0.360 e. The third-order valence-electron chi connectivity index (χ3n) is 4.09. The molecule has 104 valence electrons. The summed E-state index contributed by atoms with van der Waals surface area (Å²) in [5.74, 6) is 0.512. The molecule has 20 heavy (non-hydrogen) atoms. The molecular weight excluding hydrogens is 252 g/mol. The Morgan fingerprint density at radius 3 is 2.70 bits per heavy atom. The molecule has 0 aliphatic carbocycles. The van der Waals surface area contributed by atoms with Crippen LogP contribution in [0.5, 0.6) is 0 Å². The minimum absolute atomic E-state index is 0.149. The summed E-state index contributed by atoms with van der Waals surface area (Å²) in [6.45, 7) is 3.68. The molecule has 0 unspecified atom stereocenters. The van der Waals surface area contributed by atoms with Crippen molar-refractivity contribution in [3.05, 3.63) is 46.2 Å². The Balaban J connectivity index is 1.96. The molecular formula is C16H18N2O2. The zero-order chi connectivity index (χ0) is 14.1. The number of benzene rings is 1. The second kappa shape index (κ2) is 5.12. The number of carbonyl (C=O) groups excluding carboxylic acids is 1. The van der Waals surface area contributed by atoms with Crippen molar-refractivity contribution in [2.75, 3.05) is 13.1 Å². The van der Waals surface area contributed by atoms with Crippen molar-refractivity contribution in [1.29, 1.82) is 0 Å². The zero-order valence-corrected chi connectivity index (χ0v) is 11.6. The molecule has 3 rings (SSSR count). The number of amides is 1. The van der Waals surface area contributed by atoms with Crippen molar-refractivity contribution < 1.29 is 4.79 Å². The van der Waals surface area contributed by atoms with Gasteiger partial charge in [-0.2, -0.15) is 0 Å². The lowest BCUT2D eigenvalue weighted by Gasteiger charge is -2.30. The number of likely N-dealkylation sites (tertiary alicyclic amines) is 1. The maximum absolute atomic E-state index is 12.5. The van der Waals surface area contributed by atoms with Crippen LogP contribution in [0.1, 0.15) is 30.1 Å². The first-order valence-electron chi connectivity index (χ1n) is 7.06. The normalized spacial score (nSPS) is 16.6. The van der Waals surface area contributed by atoms with Crippen LogP contribution >= 0.6 is 0 Å². The van der Waals surface area contributed by atoms with Crippen LogP contribution in [0.15, 0.2) is 35.3 Å². The number of aromatic nitrogens is 1. The van der Waals surface area contributed by atoms with Crippen LogP contribution in [0, 0.1) is 5.92 Å². The molecule has 0 spiro atoms. The van der Waals surface area contributed by atoms with Crippen molar-refractivity contribution in [2.45, 2.75) is 19.8 Å². The number of carbonyl (C=O) groups is 1. The van der Waals surface area contributed by atoms with Gasteiger partial charge in [0.2, 0.25) is 5.43 Å². The molecule has 1 aliphatic heterocycles. The van der Waals surface area contributed by atoms with E-state index in [0.29, 0.717) is 11.3 Å². The van der Waals surface area contributed by atoms with Gasteiger partial charge in [0.05, 0.1) is 0 Å².